The number of aromatic nitrogens is 4. The van der Waals surface area contributed by atoms with Gasteiger partial charge in [-0.1, -0.05) is 6.07 Å². The summed E-state index contributed by atoms with van der Waals surface area (Å²) in [4.78, 5) is 21.7. The SMILES string of the molecule is CCN(Cc1ccccn1)C(=O)c1nc(N)n[nH]1. The molecule has 7 heteroatoms. The lowest BCUT2D eigenvalue weighted by atomic mass is 10.3. The van der Waals surface area contributed by atoms with Crippen molar-refractivity contribution in [2.24, 2.45) is 0 Å². The molecule has 0 aliphatic rings. The zero-order valence-electron chi connectivity index (χ0n) is 10.00. The van der Waals surface area contributed by atoms with Crippen molar-refractivity contribution in [1.29, 1.82) is 0 Å². The first kappa shape index (κ1) is 12.0. The number of nitrogen functional groups attached to an aromatic ring is 1. The summed E-state index contributed by atoms with van der Waals surface area (Å²) in [6.45, 7) is 2.87. The molecular formula is C11H14N6O. The van der Waals surface area contributed by atoms with Crippen LogP contribution >= 0.6 is 0 Å². The van der Waals surface area contributed by atoms with Gasteiger partial charge in [-0.05, 0) is 19.1 Å². The molecule has 0 unspecified atom stereocenters. The average Bonchev–Trinajstić information content (AvgIpc) is 2.83. The average molecular weight is 246 g/mol. The van der Waals surface area contributed by atoms with Crippen molar-refractivity contribution < 1.29 is 4.79 Å². The van der Waals surface area contributed by atoms with Gasteiger partial charge in [-0.3, -0.25) is 14.9 Å². The van der Waals surface area contributed by atoms with Gasteiger partial charge in [0.15, 0.2) is 0 Å². The first-order valence-electron chi connectivity index (χ1n) is 5.57. The maximum Gasteiger partial charge on any atom is 0.291 e. The molecule has 2 aromatic heterocycles. The Bertz CT molecular complexity index is 523. The topological polar surface area (TPSA) is 101 Å². The monoisotopic (exact) mass is 246 g/mol. The van der Waals surface area contributed by atoms with E-state index in [2.05, 4.69) is 20.2 Å². The summed E-state index contributed by atoms with van der Waals surface area (Å²) in [6.07, 6.45) is 1.69. The van der Waals surface area contributed by atoms with E-state index in [1.54, 1.807) is 11.1 Å². The van der Waals surface area contributed by atoms with Crippen LogP contribution < -0.4 is 5.73 Å². The first-order valence-corrected chi connectivity index (χ1v) is 5.57. The number of anilines is 1. The van der Waals surface area contributed by atoms with Gasteiger partial charge in [0.05, 0.1) is 12.2 Å². The molecule has 0 spiro atoms. The highest BCUT2D eigenvalue weighted by Gasteiger charge is 2.18. The Balaban J connectivity index is 2.12. The van der Waals surface area contributed by atoms with Crippen LogP contribution in [0.15, 0.2) is 24.4 Å². The van der Waals surface area contributed by atoms with Gasteiger partial charge in [-0.15, -0.1) is 5.10 Å². The molecule has 2 heterocycles. The molecule has 0 bridgehead atoms. The summed E-state index contributed by atoms with van der Waals surface area (Å²) in [5.41, 5.74) is 6.19. The van der Waals surface area contributed by atoms with Crippen molar-refractivity contribution >= 4 is 11.9 Å². The number of H-pyrrole nitrogens is 1. The van der Waals surface area contributed by atoms with Gasteiger partial charge in [0.1, 0.15) is 0 Å². The Kier molecular flexibility index (Phi) is 3.52. The number of nitrogens with zero attached hydrogens (tertiary/aromatic N) is 4. The third-order valence-corrected chi connectivity index (χ3v) is 2.45. The van der Waals surface area contributed by atoms with Crippen LogP contribution in [-0.2, 0) is 6.54 Å². The second kappa shape index (κ2) is 5.26. The zero-order chi connectivity index (χ0) is 13.0. The van der Waals surface area contributed by atoms with Crippen LogP contribution in [0, 0.1) is 0 Å². The molecule has 3 N–H and O–H groups in total. The van der Waals surface area contributed by atoms with Crippen molar-refractivity contribution in [3.05, 3.63) is 35.9 Å². The minimum Gasteiger partial charge on any atom is -0.366 e. The van der Waals surface area contributed by atoms with Gasteiger partial charge in [0.25, 0.3) is 5.91 Å². The standard InChI is InChI=1S/C11H14N6O/c1-2-17(7-8-5-3-4-6-13-8)10(18)9-14-11(12)16-15-9/h3-6H,2,7H2,1H3,(H3,12,14,15,16). The number of aromatic amines is 1. The Hall–Kier alpha value is -2.44. The van der Waals surface area contributed by atoms with E-state index in [-0.39, 0.29) is 17.7 Å². The van der Waals surface area contributed by atoms with Crippen LogP contribution in [0.1, 0.15) is 23.2 Å². The predicted octanol–water partition coefficient (Wildman–Crippen LogP) is 0.444. The maximum absolute atomic E-state index is 12.1. The number of amides is 1. The molecule has 0 atom stereocenters. The number of nitrogens with one attached hydrogen (secondary N) is 1. The lowest BCUT2D eigenvalue weighted by Gasteiger charge is -2.18. The largest absolute Gasteiger partial charge is 0.366 e. The van der Waals surface area contributed by atoms with Gasteiger partial charge < -0.3 is 10.6 Å². The number of carbonyl (C=O) groups is 1. The highest BCUT2D eigenvalue weighted by atomic mass is 16.2. The van der Waals surface area contributed by atoms with Crippen molar-refractivity contribution in [2.45, 2.75) is 13.5 Å². The minimum atomic E-state index is -0.243. The molecule has 0 fully saturated rings. The molecule has 0 aliphatic heterocycles. The predicted molar refractivity (Wildman–Crippen MR) is 65.4 cm³/mol. The third-order valence-electron chi connectivity index (χ3n) is 2.45. The van der Waals surface area contributed by atoms with Crippen LogP contribution in [0.5, 0.6) is 0 Å². The quantitative estimate of drug-likeness (QED) is 0.815. The summed E-state index contributed by atoms with van der Waals surface area (Å²) in [6, 6.07) is 5.58. The van der Waals surface area contributed by atoms with Gasteiger partial charge in [0.2, 0.25) is 11.8 Å². The van der Waals surface area contributed by atoms with Crippen molar-refractivity contribution in [3.8, 4) is 0 Å². The van der Waals surface area contributed by atoms with Gasteiger partial charge in [-0.25, -0.2) is 0 Å². The summed E-state index contributed by atoms with van der Waals surface area (Å²) in [5, 5.41) is 6.15. The van der Waals surface area contributed by atoms with Crippen molar-refractivity contribution in [2.75, 3.05) is 12.3 Å². The molecule has 0 aliphatic carbocycles. The fourth-order valence-electron chi connectivity index (χ4n) is 1.53. The van der Waals surface area contributed by atoms with Crippen molar-refractivity contribution in [3.63, 3.8) is 0 Å². The Morgan fingerprint density at radius 1 is 1.50 bits per heavy atom. The summed E-state index contributed by atoms with van der Waals surface area (Å²) in [7, 11) is 0. The van der Waals surface area contributed by atoms with Crippen LogP contribution in [0.2, 0.25) is 0 Å². The van der Waals surface area contributed by atoms with E-state index in [4.69, 9.17) is 5.73 Å². The molecular weight excluding hydrogens is 232 g/mol. The molecule has 0 radical (unpaired) electrons. The normalized spacial score (nSPS) is 10.3. The smallest absolute Gasteiger partial charge is 0.291 e. The van der Waals surface area contributed by atoms with E-state index in [1.807, 2.05) is 25.1 Å². The van der Waals surface area contributed by atoms with Crippen LogP contribution in [0.25, 0.3) is 0 Å². The summed E-state index contributed by atoms with van der Waals surface area (Å²) >= 11 is 0. The number of hydrogen-bond donors (Lipinski definition) is 2. The molecule has 2 rings (SSSR count). The number of nitrogens with two attached hydrogens (primary N) is 1. The second-order valence-electron chi connectivity index (χ2n) is 3.68. The number of rotatable bonds is 4. The van der Waals surface area contributed by atoms with Gasteiger partial charge in [-0.2, -0.15) is 4.98 Å². The molecule has 1 amide bonds. The second-order valence-corrected chi connectivity index (χ2v) is 3.68. The van der Waals surface area contributed by atoms with Crippen LogP contribution in [0.4, 0.5) is 5.95 Å². The molecule has 0 aromatic carbocycles. The lowest BCUT2D eigenvalue weighted by molar-refractivity contribution is 0.0739. The lowest BCUT2D eigenvalue weighted by Crippen LogP contribution is -2.31. The van der Waals surface area contributed by atoms with E-state index in [1.165, 1.54) is 0 Å². The highest BCUT2D eigenvalue weighted by molar-refractivity contribution is 5.90. The molecule has 7 nitrogen and oxygen atoms in total. The van der Waals surface area contributed by atoms with Crippen LogP contribution in [0.3, 0.4) is 0 Å². The zero-order valence-corrected chi connectivity index (χ0v) is 10.00. The molecule has 94 valence electrons. The van der Waals surface area contributed by atoms with Crippen LogP contribution in [-0.4, -0.2) is 37.5 Å². The number of pyridine rings is 1. The summed E-state index contributed by atoms with van der Waals surface area (Å²) in [5.74, 6) is -0.0372. The Morgan fingerprint density at radius 2 is 2.33 bits per heavy atom. The number of hydrogen-bond acceptors (Lipinski definition) is 5. The fraction of sp³-hybridized carbons (Fsp3) is 0.273. The van der Waals surface area contributed by atoms with E-state index in [9.17, 15) is 4.79 Å². The minimum absolute atomic E-state index is 0.0623. The van der Waals surface area contributed by atoms with Crippen molar-refractivity contribution in [1.82, 2.24) is 25.1 Å². The van der Waals surface area contributed by atoms with E-state index in [0.717, 1.165) is 5.69 Å². The van der Waals surface area contributed by atoms with E-state index in [0.29, 0.717) is 13.1 Å². The van der Waals surface area contributed by atoms with Gasteiger partial charge >= 0.3 is 0 Å². The maximum atomic E-state index is 12.1. The fourth-order valence-corrected chi connectivity index (χ4v) is 1.53. The molecule has 0 saturated heterocycles. The number of carbonyl (C=O) groups excluding carboxylic acids is 1. The Labute approximate surface area is 104 Å². The molecule has 2 aromatic rings. The summed E-state index contributed by atoms with van der Waals surface area (Å²) < 4.78 is 0. The third kappa shape index (κ3) is 2.62. The molecule has 0 saturated carbocycles. The molecule has 18 heavy (non-hydrogen) atoms. The van der Waals surface area contributed by atoms with Gasteiger partial charge in [0, 0.05) is 12.7 Å². The van der Waals surface area contributed by atoms with E-state index >= 15 is 0 Å². The Morgan fingerprint density at radius 3 is 2.89 bits per heavy atom. The van der Waals surface area contributed by atoms with E-state index < -0.39 is 0 Å². The first-order chi connectivity index (χ1) is 8.70. The highest BCUT2D eigenvalue weighted by Crippen LogP contribution is 2.05.